The summed E-state index contributed by atoms with van der Waals surface area (Å²) in [5, 5.41) is 8.90. The third-order valence-electron chi connectivity index (χ3n) is 6.98. The van der Waals surface area contributed by atoms with Gasteiger partial charge in [0.25, 0.3) is 5.91 Å². The van der Waals surface area contributed by atoms with Crippen molar-refractivity contribution < 1.29 is 13.2 Å². The first-order valence-electron chi connectivity index (χ1n) is 11.9. The molecular weight excluding hydrogens is 426 g/mol. The number of rotatable bonds is 4. The Balaban J connectivity index is 1.41. The quantitative estimate of drug-likeness (QED) is 0.704. The molecule has 1 amide bonds. The lowest BCUT2D eigenvalue weighted by atomic mass is 10.1. The molecule has 0 radical (unpaired) electrons. The van der Waals surface area contributed by atoms with Crippen LogP contribution in [0.3, 0.4) is 0 Å². The number of benzene rings is 1. The molecule has 0 saturated carbocycles. The molecule has 0 N–H and O–H groups in total. The Morgan fingerprint density at radius 2 is 1.69 bits per heavy atom. The van der Waals surface area contributed by atoms with Crippen LogP contribution in [-0.2, 0) is 23.0 Å². The van der Waals surface area contributed by atoms with Crippen LogP contribution in [0.15, 0.2) is 29.2 Å². The third kappa shape index (κ3) is 3.96. The van der Waals surface area contributed by atoms with E-state index in [-0.39, 0.29) is 16.8 Å². The Bertz CT molecular complexity index is 1090. The first-order valence-corrected chi connectivity index (χ1v) is 13.3. The number of sulfonamides is 1. The maximum Gasteiger partial charge on any atom is 0.254 e. The highest BCUT2D eigenvalue weighted by atomic mass is 32.2. The molecule has 3 aliphatic heterocycles. The standard InChI is InChI=1S/C23H31N5O3S/c29-23(18-9-7-10-19(17-18)32(30,31)26-13-4-2-5-14-26)27-16-8-11-20(27)22-25-24-21-12-3-1-6-15-28(21)22/h7,9-10,17,20H,1-6,8,11-16H2. The number of carbonyl (C=O) groups excluding carboxylic acids is 1. The van der Waals surface area contributed by atoms with Crippen LogP contribution in [0, 0.1) is 0 Å². The SMILES string of the molecule is O=C(c1cccc(S(=O)(=O)N2CCCCC2)c1)N1CCCC1c1nnc2n1CCCCC2. The van der Waals surface area contributed by atoms with E-state index in [1.54, 1.807) is 28.6 Å². The summed E-state index contributed by atoms with van der Waals surface area (Å²) in [6, 6.07) is 6.44. The van der Waals surface area contributed by atoms with E-state index in [9.17, 15) is 13.2 Å². The molecule has 0 bridgehead atoms. The van der Waals surface area contributed by atoms with Crippen LogP contribution in [0.25, 0.3) is 0 Å². The van der Waals surface area contributed by atoms with Crippen LogP contribution in [0.2, 0.25) is 0 Å². The second-order valence-corrected chi connectivity index (χ2v) is 11.0. The van der Waals surface area contributed by atoms with Crippen molar-refractivity contribution in [3.8, 4) is 0 Å². The zero-order chi connectivity index (χ0) is 22.1. The fourth-order valence-corrected chi connectivity index (χ4v) is 6.81. The number of hydrogen-bond acceptors (Lipinski definition) is 5. The first kappa shape index (κ1) is 21.6. The molecule has 32 heavy (non-hydrogen) atoms. The van der Waals surface area contributed by atoms with Gasteiger partial charge in [-0.25, -0.2) is 8.42 Å². The average Bonchev–Trinajstić information content (AvgIpc) is 3.40. The number of amides is 1. The van der Waals surface area contributed by atoms with E-state index < -0.39 is 10.0 Å². The number of aryl methyl sites for hydroxylation is 1. The van der Waals surface area contributed by atoms with Crippen molar-refractivity contribution in [2.75, 3.05) is 19.6 Å². The van der Waals surface area contributed by atoms with Crippen molar-refractivity contribution in [1.82, 2.24) is 24.0 Å². The second kappa shape index (κ2) is 8.94. The van der Waals surface area contributed by atoms with Gasteiger partial charge in [-0.2, -0.15) is 4.31 Å². The topological polar surface area (TPSA) is 88.4 Å². The van der Waals surface area contributed by atoms with Crippen molar-refractivity contribution >= 4 is 15.9 Å². The van der Waals surface area contributed by atoms with E-state index in [1.165, 1.54) is 6.42 Å². The zero-order valence-corrected chi connectivity index (χ0v) is 19.3. The molecule has 3 aliphatic rings. The van der Waals surface area contributed by atoms with E-state index in [2.05, 4.69) is 14.8 Å². The highest BCUT2D eigenvalue weighted by Crippen LogP contribution is 2.34. The van der Waals surface area contributed by atoms with Crippen LogP contribution in [0.1, 0.15) is 79.4 Å². The molecule has 2 aromatic rings. The number of likely N-dealkylation sites (tertiary alicyclic amines) is 1. The maximum atomic E-state index is 13.5. The molecule has 0 spiro atoms. The van der Waals surface area contributed by atoms with Crippen molar-refractivity contribution in [2.45, 2.75) is 75.3 Å². The Morgan fingerprint density at radius 1 is 0.906 bits per heavy atom. The highest BCUT2D eigenvalue weighted by Gasteiger charge is 2.35. The van der Waals surface area contributed by atoms with Crippen LogP contribution in [0.4, 0.5) is 0 Å². The number of piperidine rings is 1. The average molecular weight is 458 g/mol. The van der Waals surface area contributed by atoms with Crippen LogP contribution < -0.4 is 0 Å². The Kier molecular flexibility index (Phi) is 6.03. The van der Waals surface area contributed by atoms with Gasteiger partial charge in [-0.05, 0) is 56.7 Å². The summed E-state index contributed by atoms with van der Waals surface area (Å²) in [5.41, 5.74) is 0.422. The number of fused-ring (bicyclic) bond motifs is 1. The predicted octanol–water partition coefficient (Wildman–Crippen LogP) is 3.16. The fraction of sp³-hybridized carbons (Fsp3) is 0.609. The van der Waals surface area contributed by atoms with E-state index in [4.69, 9.17) is 0 Å². The molecule has 4 heterocycles. The fourth-order valence-electron chi connectivity index (χ4n) is 5.24. The van der Waals surface area contributed by atoms with Gasteiger partial charge in [-0.15, -0.1) is 10.2 Å². The maximum absolute atomic E-state index is 13.5. The van der Waals surface area contributed by atoms with Crippen molar-refractivity contribution in [3.05, 3.63) is 41.5 Å². The van der Waals surface area contributed by atoms with Gasteiger partial charge in [0.2, 0.25) is 10.0 Å². The highest BCUT2D eigenvalue weighted by molar-refractivity contribution is 7.89. The van der Waals surface area contributed by atoms with E-state index in [0.29, 0.717) is 25.2 Å². The van der Waals surface area contributed by atoms with Gasteiger partial charge in [-0.3, -0.25) is 4.79 Å². The number of hydrogen-bond donors (Lipinski definition) is 0. The number of nitrogens with zero attached hydrogens (tertiary/aromatic N) is 5. The molecule has 1 aromatic heterocycles. The minimum Gasteiger partial charge on any atom is -0.328 e. The normalized spacial score (nSPS) is 22.5. The predicted molar refractivity (Wildman–Crippen MR) is 120 cm³/mol. The Labute approximate surface area is 189 Å². The third-order valence-corrected chi connectivity index (χ3v) is 8.88. The van der Waals surface area contributed by atoms with E-state index in [0.717, 1.165) is 69.6 Å². The summed E-state index contributed by atoms with van der Waals surface area (Å²) >= 11 is 0. The van der Waals surface area contributed by atoms with Crippen molar-refractivity contribution in [2.24, 2.45) is 0 Å². The first-order chi connectivity index (χ1) is 15.6. The summed E-state index contributed by atoms with van der Waals surface area (Å²) in [7, 11) is -3.58. The number of carbonyl (C=O) groups is 1. The summed E-state index contributed by atoms with van der Waals surface area (Å²) in [5.74, 6) is 1.77. The lowest BCUT2D eigenvalue weighted by molar-refractivity contribution is 0.0726. The minimum atomic E-state index is -3.58. The monoisotopic (exact) mass is 457 g/mol. The lowest BCUT2D eigenvalue weighted by Gasteiger charge is -2.27. The molecule has 1 atom stereocenters. The summed E-state index contributed by atoms with van der Waals surface area (Å²) in [6.45, 7) is 2.65. The van der Waals surface area contributed by atoms with Crippen molar-refractivity contribution in [3.63, 3.8) is 0 Å². The van der Waals surface area contributed by atoms with Gasteiger partial charge in [0.05, 0.1) is 10.9 Å². The van der Waals surface area contributed by atoms with Crippen LogP contribution in [-0.4, -0.2) is 57.9 Å². The van der Waals surface area contributed by atoms with E-state index >= 15 is 0 Å². The zero-order valence-electron chi connectivity index (χ0n) is 18.4. The lowest BCUT2D eigenvalue weighted by Crippen LogP contribution is -2.36. The molecule has 9 heteroatoms. The van der Waals surface area contributed by atoms with Gasteiger partial charge in [0.15, 0.2) is 5.82 Å². The second-order valence-electron chi connectivity index (χ2n) is 9.09. The molecule has 1 unspecified atom stereocenters. The Hall–Kier alpha value is -2.26. The van der Waals surface area contributed by atoms with E-state index in [1.807, 2.05) is 4.90 Å². The molecule has 1 aromatic carbocycles. The summed E-state index contributed by atoms with van der Waals surface area (Å²) in [4.78, 5) is 15.6. The molecule has 2 saturated heterocycles. The Morgan fingerprint density at radius 3 is 2.53 bits per heavy atom. The van der Waals surface area contributed by atoms with Gasteiger partial charge < -0.3 is 9.47 Å². The van der Waals surface area contributed by atoms with Gasteiger partial charge in [0.1, 0.15) is 5.82 Å². The summed E-state index contributed by atoms with van der Waals surface area (Å²) in [6.07, 6.45) is 8.95. The van der Waals surface area contributed by atoms with Gasteiger partial charge in [-0.1, -0.05) is 18.9 Å². The van der Waals surface area contributed by atoms with Gasteiger partial charge in [0, 0.05) is 38.2 Å². The smallest absolute Gasteiger partial charge is 0.254 e. The summed E-state index contributed by atoms with van der Waals surface area (Å²) < 4.78 is 30.0. The molecular formula is C23H31N5O3S. The number of aromatic nitrogens is 3. The minimum absolute atomic E-state index is 0.107. The van der Waals surface area contributed by atoms with Crippen LogP contribution >= 0.6 is 0 Å². The molecule has 5 rings (SSSR count). The van der Waals surface area contributed by atoms with Gasteiger partial charge >= 0.3 is 0 Å². The molecule has 0 aliphatic carbocycles. The molecule has 8 nitrogen and oxygen atoms in total. The van der Waals surface area contributed by atoms with Crippen molar-refractivity contribution in [1.29, 1.82) is 0 Å². The largest absolute Gasteiger partial charge is 0.328 e. The van der Waals surface area contributed by atoms with Crippen LogP contribution in [0.5, 0.6) is 0 Å². The molecule has 172 valence electrons. The molecule has 2 fully saturated rings.